The fourth-order valence-electron chi connectivity index (χ4n) is 1.37. The van der Waals surface area contributed by atoms with E-state index in [-0.39, 0.29) is 0 Å². The molecule has 0 spiro atoms. The summed E-state index contributed by atoms with van der Waals surface area (Å²) in [4.78, 5) is 0. The van der Waals surface area contributed by atoms with Gasteiger partial charge in [0.2, 0.25) is 0 Å². The zero-order valence-electron chi connectivity index (χ0n) is 8.28. The van der Waals surface area contributed by atoms with Crippen LogP contribution in [0.5, 0.6) is 0 Å². The Morgan fingerprint density at radius 1 is 1.55 bits per heavy atom. The molecule has 1 saturated heterocycles. The van der Waals surface area contributed by atoms with Crippen LogP contribution in [0.1, 0.15) is 34.6 Å². The molecule has 1 atom stereocenters. The van der Waals surface area contributed by atoms with E-state index in [1.54, 1.807) is 0 Å². The zero-order chi connectivity index (χ0) is 8.70. The van der Waals surface area contributed by atoms with Gasteiger partial charge in [0.05, 0.1) is 0 Å². The Labute approximate surface area is 69.9 Å². The Hall–Kier alpha value is -0.300. The third-order valence-electron chi connectivity index (χ3n) is 3.51. The van der Waals surface area contributed by atoms with Crippen molar-refractivity contribution in [1.82, 2.24) is 5.32 Å². The van der Waals surface area contributed by atoms with Crippen LogP contribution in [0.3, 0.4) is 0 Å². The van der Waals surface area contributed by atoms with Gasteiger partial charge >= 0.3 is 0 Å². The molecule has 0 aliphatic carbocycles. The van der Waals surface area contributed by atoms with Gasteiger partial charge in [-0.15, -0.1) is 0 Å². The van der Waals surface area contributed by atoms with E-state index in [0.717, 1.165) is 6.54 Å². The van der Waals surface area contributed by atoms with Crippen molar-refractivity contribution in [2.24, 2.45) is 5.41 Å². The largest absolute Gasteiger partial charge is 0.308 e. The number of hydrogen-bond acceptors (Lipinski definition) is 1. The molecule has 1 aliphatic heterocycles. The molecule has 0 radical (unpaired) electrons. The summed E-state index contributed by atoms with van der Waals surface area (Å²) in [6.07, 6.45) is 2.21. The highest BCUT2D eigenvalue weighted by Crippen LogP contribution is 2.43. The number of nitrogens with one attached hydrogen (secondary N) is 1. The molecule has 0 bridgehead atoms. The third-order valence-corrected chi connectivity index (χ3v) is 3.51. The molecular weight excluding hydrogens is 134 g/mol. The molecule has 0 saturated carbocycles. The van der Waals surface area contributed by atoms with Crippen LogP contribution in [0.4, 0.5) is 0 Å². The van der Waals surface area contributed by atoms with Crippen LogP contribution >= 0.6 is 0 Å². The normalized spacial score (nSPS) is 32.3. The van der Waals surface area contributed by atoms with Crippen molar-refractivity contribution >= 4 is 0 Å². The minimum absolute atomic E-state index is 0.307. The first kappa shape index (κ1) is 8.79. The Bertz CT molecular complexity index is 185. The van der Waals surface area contributed by atoms with Gasteiger partial charge in [0.1, 0.15) is 0 Å². The predicted molar refractivity (Wildman–Crippen MR) is 49.6 cm³/mol. The minimum Gasteiger partial charge on any atom is -0.308 e. The predicted octanol–water partition coefficient (Wildman–Crippen LogP) is 2.34. The van der Waals surface area contributed by atoms with Crippen LogP contribution in [-0.2, 0) is 0 Å². The second-order valence-electron chi connectivity index (χ2n) is 4.28. The van der Waals surface area contributed by atoms with Crippen molar-refractivity contribution in [2.45, 2.75) is 40.2 Å². The van der Waals surface area contributed by atoms with E-state index in [4.69, 9.17) is 0 Å². The quantitative estimate of drug-likeness (QED) is 0.477. The average molecular weight is 153 g/mol. The molecule has 1 fully saturated rings. The van der Waals surface area contributed by atoms with Crippen molar-refractivity contribution in [3.63, 3.8) is 0 Å². The standard InChI is InChI=1S/C10H19N/c1-6-8(2)9(3,4)10(5)7-11-10/h6,11H,7H2,1-5H3/b8-6-. The summed E-state index contributed by atoms with van der Waals surface area (Å²) >= 11 is 0. The lowest BCUT2D eigenvalue weighted by Gasteiger charge is -2.32. The second kappa shape index (κ2) is 2.34. The summed E-state index contributed by atoms with van der Waals surface area (Å²) in [6, 6.07) is 0. The molecular formula is C10H19N. The van der Waals surface area contributed by atoms with Crippen molar-refractivity contribution < 1.29 is 0 Å². The van der Waals surface area contributed by atoms with Gasteiger partial charge in [-0.3, -0.25) is 0 Å². The Morgan fingerprint density at radius 2 is 2.00 bits per heavy atom. The van der Waals surface area contributed by atoms with Crippen molar-refractivity contribution in [3.05, 3.63) is 11.6 Å². The molecule has 1 nitrogen and oxygen atoms in total. The van der Waals surface area contributed by atoms with Gasteiger partial charge < -0.3 is 5.32 Å². The maximum absolute atomic E-state index is 3.43. The van der Waals surface area contributed by atoms with Crippen LogP contribution in [-0.4, -0.2) is 12.1 Å². The van der Waals surface area contributed by atoms with Crippen LogP contribution in [0.25, 0.3) is 0 Å². The summed E-state index contributed by atoms with van der Waals surface area (Å²) in [5.41, 5.74) is 2.13. The molecule has 64 valence electrons. The minimum atomic E-state index is 0.307. The first-order valence-corrected chi connectivity index (χ1v) is 4.32. The lowest BCUT2D eigenvalue weighted by molar-refractivity contribution is 0.336. The molecule has 1 heterocycles. The highest BCUT2D eigenvalue weighted by Gasteiger charge is 2.50. The highest BCUT2D eigenvalue weighted by molar-refractivity contribution is 5.23. The Morgan fingerprint density at radius 3 is 2.27 bits per heavy atom. The molecule has 1 N–H and O–H groups in total. The molecule has 11 heavy (non-hydrogen) atoms. The lowest BCUT2D eigenvalue weighted by Crippen LogP contribution is -2.33. The van der Waals surface area contributed by atoms with Gasteiger partial charge in [0.15, 0.2) is 0 Å². The van der Waals surface area contributed by atoms with Crippen molar-refractivity contribution in [3.8, 4) is 0 Å². The van der Waals surface area contributed by atoms with E-state index in [2.05, 4.69) is 46.0 Å². The van der Waals surface area contributed by atoms with Gasteiger partial charge in [-0.2, -0.15) is 0 Å². The molecule has 1 aliphatic rings. The number of hydrogen-bond donors (Lipinski definition) is 1. The first-order valence-electron chi connectivity index (χ1n) is 4.32. The molecule has 0 aromatic carbocycles. The second-order valence-corrected chi connectivity index (χ2v) is 4.28. The van der Waals surface area contributed by atoms with E-state index in [1.165, 1.54) is 5.57 Å². The molecule has 1 heteroatoms. The summed E-state index contributed by atoms with van der Waals surface area (Å²) in [7, 11) is 0. The maximum Gasteiger partial charge on any atom is 0.0367 e. The van der Waals surface area contributed by atoms with E-state index in [1.807, 2.05) is 0 Å². The highest BCUT2D eigenvalue weighted by atomic mass is 15.2. The summed E-state index contributed by atoms with van der Waals surface area (Å²) in [5, 5.41) is 3.43. The fraction of sp³-hybridized carbons (Fsp3) is 0.800. The third kappa shape index (κ3) is 1.22. The maximum atomic E-state index is 3.43. The average Bonchev–Trinajstić information content (AvgIpc) is 2.67. The van der Waals surface area contributed by atoms with Crippen molar-refractivity contribution in [1.29, 1.82) is 0 Å². The van der Waals surface area contributed by atoms with Gasteiger partial charge in [-0.25, -0.2) is 0 Å². The zero-order valence-corrected chi connectivity index (χ0v) is 8.28. The number of rotatable bonds is 2. The Balaban J connectivity index is 2.82. The molecule has 0 aromatic heterocycles. The van der Waals surface area contributed by atoms with E-state index in [0.29, 0.717) is 11.0 Å². The van der Waals surface area contributed by atoms with Crippen LogP contribution in [0.2, 0.25) is 0 Å². The molecule has 1 rings (SSSR count). The molecule has 0 amide bonds. The SMILES string of the molecule is C/C=C(/C)C(C)(C)C1(C)CN1. The first-order chi connectivity index (χ1) is 4.94. The van der Waals surface area contributed by atoms with Gasteiger partial charge in [-0.1, -0.05) is 25.5 Å². The summed E-state index contributed by atoms with van der Waals surface area (Å²) < 4.78 is 0. The Kier molecular flexibility index (Phi) is 1.87. The lowest BCUT2D eigenvalue weighted by atomic mass is 9.74. The van der Waals surface area contributed by atoms with Crippen LogP contribution in [0.15, 0.2) is 11.6 Å². The molecule has 1 unspecified atom stereocenters. The van der Waals surface area contributed by atoms with Gasteiger partial charge in [-0.05, 0) is 20.8 Å². The van der Waals surface area contributed by atoms with E-state index in [9.17, 15) is 0 Å². The van der Waals surface area contributed by atoms with Crippen LogP contribution < -0.4 is 5.32 Å². The summed E-state index contributed by atoms with van der Waals surface area (Å²) in [6.45, 7) is 12.4. The van der Waals surface area contributed by atoms with Gasteiger partial charge in [0, 0.05) is 17.5 Å². The smallest absolute Gasteiger partial charge is 0.0367 e. The molecule has 0 aromatic rings. The van der Waals surface area contributed by atoms with E-state index >= 15 is 0 Å². The fourth-order valence-corrected chi connectivity index (χ4v) is 1.37. The van der Waals surface area contributed by atoms with Gasteiger partial charge in [0.25, 0.3) is 0 Å². The number of allylic oxidation sites excluding steroid dienone is 1. The monoisotopic (exact) mass is 153 g/mol. The van der Waals surface area contributed by atoms with Crippen LogP contribution in [0, 0.1) is 5.41 Å². The summed E-state index contributed by atoms with van der Waals surface area (Å²) in [5.74, 6) is 0. The topological polar surface area (TPSA) is 21.9 Å². The van der Waals surface area contributed by atoms with Crippen molar-refractivity contribution in [2.75, 3.05) is 6.54 Å². The van der Waals surface area contributed by atoms with E-state index < -0.39 is 0 Å².